The van der Waals surface area contributed by atoms with E-state index in [1.54, 1.807) is 13.8 Å². The molecule has 0 heterocycles. The summed E-state index contributed by atoms with van der Waals surface area (Å²) in [5.74, 6) is -0.421. The molecule has 0 radical (unpaired) electrons. The van der Waals surface area contributed by atoms with Crippen LogP contribution < -0.4 is 0 Å². The highest BCUT2D eigenvalue weighted by molar-refractivity contribution is 6.77. The maximum atomic E-state index is 13.2. The molecule has 0 bridgehead atoms. The highest BCUT2D eigenvalue weighted by atomic mass is 28.4. The topological polar surface area (TPSA) is 61.8 Å². The lowest BCUT2D eigenvalue weighted by atomic mass is 9.70. The first-order valence-corrected chi connectivity index (χ1v) is 13.9. The minimum Gasteiger partial charge on any atom is -0.545 e. The van der Waals surface area contributed by atoms with Gasteiger partial charge in [-0.25, -0.2) is 0 Å². The number of hydrogen-bond donors (Lipinski definition) is 0. The molecule has 31 heavy (non-hydrogen) atoms. The van der Waals surface area contributed by atoms with Gasteiger partial charge in [0.25, 0.3) is 8.32 Å². The fraction of sp³-hybridized carbons (Fsp3) is 0.760. The highest BCUT2D eigenvalue weighted by Crippen LogP contribution is 2.66. The van der Waals surface area contributed by atoms with Crippen molar-refractivity contribution in [2.75, 3.05) is 13.2 Å². The van der Waals surface area contributed by atoms with Crippen LogP contribution in [0.2, 0.25) is 16.6 Å². The van der Waals surface area contributed by atoms with Gasteiger partial charge in [0.15, 0.2) is 5.41 Å². The van der Waals surface area contributed by atoms with Crippen molar-refractivity contribution in [3.63, 3.8) is 0 Å². The second-order valence-corrected chi connectivity index (χ2v) is 15.5. The Bertz CT molecular complexity index is 711. The van der Waals surface area contributed by atoms with E-state index < -0.39 is 31.1 Å². The van der Waals surface area contributed by atoms with Gasteiger partial charge < -0.3 is 13.9 Å². The summed E-state index contributed by atoms with van der Waals surface area (Å²) in [6.45, 7) is 23.9. The van der Waals surface area contributed by atoms with Crippen LogP contribution in [-0.2, 0) is 23.5 Å². The third kappa shape index (κ3) is 3.69. The zero-order valence-electron chi connectivity index (χ0n) is 21.0. The smallest absolute Gasteiger partial charge is 0.324 e. The predicted octanol–water partition coefficient (Wildman–Crippen LogP) is 6.16. The first-order valence-electron chi connectivity index (χ1n) is 11.8. The van der Waals surface area contributed by atoms with Gasteiger partial charge in [-0.1, -0.05) is 53.7 Å². The first-order chi connectivity index (χ1) is 14.4. The quantitative estimate of drug-likeness (QED) is 0.182. The molecule has 0 unspecified atom stereocenters. The summed E-state index contributed by atoms with van der Waals surface area (Å²) in [4.78, 5) is 26.4. The lowest BCUT2D eigenvalue weighted by Gasteiger charge is -2.46. The molecule has 6 heteroatoms. The van der Waals surface area contributed by atoms with E-state index in [2.05, 4.69) is 61.1 Å². The summed E-state index contributed by atoms with van der Waals surface area (Å²) in [5.41, 5.74) is 0.163. The number of hydrogen-bond acceptors (Lipinski definition) is 5. The van der Waals surface area contributed by atoms with E-state index in [0.29, 0.717) is 23.0 Å². The minimum atomic E-state index is -2.20. The van der Waals surface area contributed by atoms with Crippen molar-refractivity contribution < 1.29 is 23.5 Å². The second kappa shape index (κ2) is 9.12. The molecule has 0 aromatic heterocycles. The summed E-state index contributed by atoms with van der Waals surface area (Å²) in [6, 6.07) is 0. The third-order valence-electron chi connectivity index (χ3n) is 7.84. The third-order valence-corrected chi connectivity index (χ3v) is 13.8. The maximum Gasteiger partial charge on any atom is 0.324 e. The van der Waals surface area contributed by atoms with Crippen molar-refractivity contribution in [2.45, 2.75) is 91.8 Å². The molecule has 176 valence electrons. The van der Waals surface area contributed by atoms with E-state index in [-0.39, 0.29) is 25.6 Å². The number of fused-ring (bicyclic) bond motifs is 1. The molecule has 2 aliphatic rings. The standard InChI is InChI=1S/C25H42O5Si/c1-11-28-22(26)25(23(27)29-12-2)15-19(9)24(10)20(25)13-14-21(24)30-31(16(3)4,17(5)6)18(7)8/h14,16-18,20H,9,11-13,15H2,1-8,10H3/t20-,24-/m1/s1. The molecule has 0 aliphatic heterocycles. The van der Waals surface area contributed by atoms with Gasteiger partial charge in [0.2, 0.25) is 0 Å². The number of rotatable bonds is 9. The Morgan fingerprint density at radius 2 is 1.48 bits per heavy atom. The van der Waals surface area contributed by atoms with Crippen molar-refractivity contribution >= 4 is 20.3 Å². The van der Waals surface area contributed by atoms with Crippen LogP contribution >= 0.6 is 0 Å². The zero-order valence-corrected chi connectivity index (χ0v) is 22.0. The lowest BCUT2D eigenvalue weighted by Crippen LogP contribution is -2.50. The molecule has 0 aromatic carbocycles. The summed E-state index contributed by atoms with van der Waals surface area (Å²) in [7, 11) is -2.20. The Hall–Kier alpha value is -1.56. The molecule has 0 aromatic rings. The number of esters is 2. The van der Waals surface area contributed by atoms with Gasteiger partial charge in [0.05, 0.1) is 19.0 Å². The molecule has 2 rings (SSSR count). The van der Waals surface area contributed by atoms with Crippen molar-refractivity contribution in [1.82, 2.24) is 0 Å². The fourth-order valence-corrected chi connectivity index (χ4v) is 11.7. The molecule has 2 aliphatic carbocycles. The van der Waals surface area contributed by atoms with Crippen LogP contribution in [0.3, 0.4) is 0 Å². The van der Waals surface area contributed by atoms with Crippen molar-refractivity contribution in [3.8, 4) is 0 Å². The SMILES string of the molecule is C=C1CC(C(=O)OCC)(C(=O)OCC)[C@@H]2CC=C(O[Si](C(C)C)(C(C)C)C(C)C)[C@]12C. The van der Waals surface area contributed by atoms with Crippen LogP contribution in [0.1, 0.15) is 75.2 Å². The monoisotopic (exact) mass is 450 g/mol. The van der Waals surface area contributed by atoms with E-state index in [1.165, 1.54) is 0 Å². The molecular formula is C25H42O5Si. The van der Waals surface area contributed by atoms with Crippen LogP contribution in [0.15, 0.2) is 24.0 Å². The summed E-state index contributed by atoms with van der Waals surface area (Å²) < 4.78 is 17.9. The molecule has 0 saturated heterocycles. The van der Waals surface area contributed by atoms with E-state index in [9.17, 15) is 9.59 Å². The van der Waals surface area contributed by atoms with Gasteiger partial charge >= 0.3 is 11.9 Å². The van der Waals surface area contributed by atoms with Crippen molar-refractivity contribution in [2.24, 2.45) is 16.7 Å². The van der Waals surface area contributed by atoms with E-state index in [1.807, 2.05) is 0 Å². The van der Waals surface area contributed by atoms with Crippen LogP contribution in [0.5, 0.6) is 0 Å². The number of carbonyl (C=O) groups excluding carboxylic acids is 2. The number of ether oxygens (including phenoxy) is 2. The summed E-state index contributed by atoms with van der Waals surface area (Å²) in [5, 5.41) is 0. The largest absolute Gasteiger partial charge is 0.545 e. The van der Waals surface area contributed by atoms with Crippen LogP contribution in [0, 0.1) is 16.7 Å². The molecule has 0 amide bonds. The average Bonchev–Trinajstić information content (AvgIpc) is 3.11. The summed E-state index contributed by atoms with van der Waals surface area (Å²) in [6.07, 6.45) is 2.91. The number of carbonyl (C=O) groups is 2. The van der Waals surface area contributed by atoms with Gasteiger partial charge in [0, 0.05) is 11.3 Å². The molecule has 2 atom stereocenters. The molecule has 5 nitrogen and oxygen atoms in total. The normalized spacial score (nSPS) is 25.1. The molecule has 1 saturated carbocycles. The van der Waals surface area contributed by atoms with E-state index in [0.717, 1.165) is 11.3 Å². The summed E-state index contributed by atoms with van der Waals surface area (Å²) >= 11 is 0. The number of allylic oxidation sites excluding steroid dienone is 2. The predicted molar refractivity (Wildman–Crippen MR) is 126 cm³/mol. The Morgan fingerprint density at radius 3 is 1.87 bits per heavy atom. The Labute approximate surface area is 189 Å². The van der Waals surface area contributed by atoms with Crippen molar-refractivity contribution in [1.29, 1.82) is 0 Å². The first kappa shape index (κ1) is 25.7. The van der Waals surface area contributed by atoms with Crippen LogP contribution in [0.25, 0.3) is 0 Å². The van der Waals surface area contributed by atoms with Gasteiger partial charge in [-0.05, 0) is 56.3 Å². The van der Waals surface area contributed by atoms with Gasteiger partial charge in [-0.15, -0.1) is 0 Å². The van der Waals surface area contributed by atoms with E-state index >= 15 is 0 Å². The van der Waals surface area contributed by atoms with Crippen LogP contribution in [0.4, 0.5) is 0 Å². The molecule has 1 fully saturated rings. The molecular weight excluding hydrogens is 408 g/mol. The Balaban J connectivity index is 2.55. The molecule has 0 N–H and O–H groups in total. The van der Waals surface area contributed by atoms with Gasteiger partial charge in [-0.3, -0.25) is 9.59 Å². The van der Waals surface area contributed by atoms with Crippen molar-refractivity contribution in [3.05, 3.63) is 24.0 Å². The van der Waals surface area contributed by atoms with Gasteiger partial charge in [0.1, 0.15) is 0 Å². The Morgan fingerprint density at radius 1 is 1.03 bits per heavy atom. The Kier molecular flexibility index (Phi) is 7.56. The fourth-order valence-electron chi connectivity index (χ4n) is 6.33. The maximum absolute atomic E-state index is 13.2. The van der Waals surface area contributed by atoms with Crippen LogP contribution in [-0.4, -0.2) is 33.5 Å². The highest BCUT2D eigenvalue weighted by Gasteiger charge is 2.69. The van der Waals surface area contributed by atoms with E-state index in [4.69, 9.17) is 13.9 Å². The zero-order chi connectivity index (χ0) is 23.8. The second-order valence-electron chi connectivity index (χ2n) is 10.2. The average molecular weight is 451 g/mol. The lowest BCUT2D eigenvalue weighted by molar-refractivity contribution is -0.176. The minimum absolute atomic E-state index is 0.219. The molecule has 0 spiro atoms. The van der Waals surface area contributed by atoms with Gasteiger partial charge in [-0.2, -0.15) is 0 Å².